The van der Waals surface area contributed by atoms with Crippen LogP contribution >= 0.6 is 12.8 Å². The molecule has 1 aromatic carbocycles. The van der Waals surface area contributed by atoms with Crippen LogP contribution in [0.25, 0.3) is 0 Å². The van der Waals surface area contributed by atoms with E-state index in [-0.39, 0.29) is 5.56 Å². The summed E-state index contributed by atoms with van der Waals surface area (Å²) in [4.78, 5) is 35.8. The van der Waals surface area contributed by atoms with Gasteiger partial charge in [0.1, 0.15) is 11.6 Å². The number of nitrogens with one attached hydrogen (secondary N) is 3. The molecule has 0 spiro atoms. The highest BCUT2D eigenvalue weighted by Gasteiger charge is 2.48. The fraction of sp³-hybridized carbons (Fsp3) is 0.238. The van der Waals surface area contributed by atoms with Crippen molar-refractivity contribution in [2.75, 3.05) is 0 Å². The Morgan fingerprint density at radius 1 is 1.25 bits per heavy atom. The molecule has 0 aromatic heterocycles. The Morgan fingerprint density at radius 2 is 1.84 bits per heavy atom. The quantitative estimate of drug-likeness (QED) is 0.106. The Labute approximate surface area is 190 Å². The smallest absolute Gasteiger partial charge is 0.268 e. The maximum absolute atomic E-state index is 13.6. The van der Waals surface area contributed by atoms with Gasteiger partial charge in [-0.2, -0.15) is 0 Å². The minimum absolute atomic E-state index is 0.0495. The molecule has 1 aromatic rings. The maximum atomic E-state index is 13.6. The van der Waals surface area contributed by atoms with E-state index in [0.29, 0.717) is 5.56 Å². The maximum Gasteiger partial charge on any atom is 0.268 e. The Bertz CT molecular complexity index is 911. The van der Waals surface area contributed by atoms with Crippen molar-refractivity contribution < 1.29 is 28.4 Å². The molecule has 0 bridgehead atoms. The molecule has 172 valence electrons. The number of hydroxylamine groups is 1. The van der Waals surface area contributed by atoms with Crippen molar-refractivity contribution in [1.82, 2.24) is 16.1 Å². The Hall–Kier alpha value is -3.49. The van der Waals surface area contributed by atoms with E-state index in [4.69, 9.17) is 5.21 Å². The summed E-state index contributed by atoms with van der Waals surface area (Å²) in [5.74, 6) is 2.49. The first-order chi connectivity index (χ1) is 15.2. The first-order valence-corrected chi connectivity index (χ1v) is 9.31. The second kappa shape index (κ2) is 14.5. The SMILES string of the molecule is C=C.CC(=O)NC(C)(C(F)F)C(NC(=O)c1ccc(C#C/C=C/C=N\S)cc1)C(=O)NO. The molecule has 3 amide bonds. The molecule has 0 radical (unpaired) electrons. The predicted octanol–water partition coefficient (Wildman–Crippen LogP) is 2.08. The summed E-state index contributed by atoms with van der Waals surface area (Å²) in [6.07, 6.45) is 1.30. The molecule has 0 aliphatic rings. The molecule has 4 N–H and O–H groups in total. The summed E-state index contributed by atoms with van der Waals surface area (Å²) in [7, 11) is 0. The lowest BCUT2D eigenvalue weighted by atomic mass is 9.91. The highest BCUT2D eigenvalue weighted by molar-refractivity contribution is 7.78. The molecule has 11 heteroatoms. The summed E-state index contributed by atoms with van der Waals surface area (Å²) in [5, 5.41) is 13.0. The van der Waals surface area contributed by atoms with Crippen molar-refractivity contribution in [3.05, 3.63) is 60.7 Å². The number of thiol groups is 1. The van der Waals surface area contributed by atoms with Gasteiger partial charge in [-0.1, -0.05) is 11.8 Å². The lowest BCUT2D eigenvalue weighted by molar-refractivity contribution is -0.137. The molecule has 0 fully saturated rings. The third kappa shape index (κ3) is 8.71. The van der Waals surface area contributed by atoms with Gasteiger partial charge < -0.3 is 10.6 Å². The average Bonchev–Trinajstić information content (AvgIpc) is 2.77. The second-order valence-corrected chi connectivity index (χ2v) is 6.35. The number of carbonyl (C=O) groups excluding carboxylic acids is 3. The first-order valence-electron chi connectivity index (χ1n) is 8.91. The third-order valence-corrected chi connectivity index (χ3v) is 3.98. The molecular weight excluding hydrogens is 442 g/mol. The van der Waals surface area contributed by atoms with E-state index in [1.165, 1.54) is 42.0 Å². The normalized spacial score (nSPS) is 13.2. The van der Waals surface area contributed by atoms with Crippen molar-refractivity contribution in [2.45, 2.75) is 31.9 Å². The molecule has 0 saturated carbocycles. The number of hydrogen-bond acceptors (Lipinski definition) is 6. The topological polar surface area (TPSA) is 120 Å². The number of amides is 3. The fourth-order valence-corrected chi connectivity index (χ4v) is 2.44. The lowest BCUT2D eigenvalue weighted by Crippen LogP contribution is -2.68. The highest BCUT2D eigenvalue weighted by Crippen LogP contribution is 2.21. The van der Waals surface area contributed by atoms with Crippen molar-refractivity contribution in [2.24, 2.45) is 4.40 Å². The third-order valence-electron chi connectivity index (χ3n) is 3.84. The van der Waals surface area contributed by atoms with Crippen molar-refractivity contribution in [3.8, 4) is 11.8 Å². The molecule has 32 heavy (non-hydrogen) atoms. The van der Waals surface area contributed by atoms with E-state index in [9.17, 15) is 23.2 Å². The summed E-state index contributed by atoms with van der Waals surface area (Å²) in [6, 6.07) is 3.83. The van der Waals surface area contributed by atoms with Crippen molar-refractivity contribution in [1.29, 1.82) is 0 Å². The Kier molecular flexibility index (Phi) is 12.9. The number of alkyl halides is 2. The number of hydrogen-bond donors (Lipinski definition) is 5. The Morgan fingerprint density at radius 3 is 2.31 bits per heavy atom. The van der Waals surface area contributed by atoms with Crippen LogP contribution in [0.4, 0.5) is 8.78 Å². The molecule has 0 heterocycles. The van der Waals surface area contributed by atoms with Gasteiger partial charge in [0.2, 0.25) is 5.91 Å². The van der Waals surface area contributed by atoms with Gasteiger partial charge in [0, 0.05) is 24.3 Å². The van der Waals surface area contributed by atoms with Gasteiger partial charge in [0.05, 0.1) is 0 Å². The summed E-state index contributed by atoms with van der Waals surface area (Å²) in [6.45, 7) is 7.86. The minimum Gasteiger partial charge on any atom is -0.343 e. The summed E-state index contributed by atoms with van der Waals surface area (Å²) < 4.78 is 30.7. The minimum atomic E-state index is -3.23. The molecule has 0 aliphatic heterocycles. The van der Waals surface area contributed by atoms with Gasteiger partial charge in [-0.15, -0.1) is 13.2 Å². The largest absolute Gasteiger partial charge is 0.343 e. The van der Waals surface area contributed by atoms with Crippen LogP contribution in [0, 0.1) is 11.8 Å². The van der Waals surface area contributed by atoms with Crippen molar-refractivity contribution in [3.63, 3.8) is 0 Å². The molecule has 1 rings (SSSR count). The zero-order valence-electron chi connectivity index (χ0n) is 17.4. The van der Waals surface area contributed by atoms with E-state index in [1.54, 1.807) is 6.08 Å². The monoisotopic (exact) mass is 466 g/mol. The predicted molar refractivity (Wildman–Crippen MR) is 121 cm³/mol. The fourth-order valence-electron chi connectivity index (χ4n) is 2.36. The van der Waals surface area contributed by atoms with Crippen LogP contribution in [0.1, 0.15) is 29.8 Å². The number of nitrogens with zero attached hydrogens (tertiary/aromatic N) is 1. The average molecular weight is 467 g/mol. The van der Waals surface area contributed by atoms with Crippen LogP contribution in [0.5, 0.6) is 0 Å². The number of allylic oxidation sites excluding steroid dienone is 2. The van der Waals surface area contributed by atoms with Gasteiger partial charge in [0.25, 0.3) is 18.2 Å². The van der Waals surface area contributed by atoms with Crippen LogP contribution in [0.15, 0.2) is 54.0 Å². The number of benzene rings is 1. The molecule has 0 aliphatic carbocycles. The standard InChI is InChI=1S/C19H20F2N4O4S.C2H4/c1-12(26)24-19(2,18(20)21)15(17(28)25-29)23-16(27)14-9-7-13(8-10-14)6-4-3-5-11-22-30;1-2/h3,5,7-11,15,18,29-30H,1-2H3,(H,23,27)(H,24,26)(H,25,28);1-2H2/b5-3+,22-11-;. The van der Waals surface area contributed by atoms with Crippen LogP contribution in [-0.4, -0.2) is 47.1 Å². The second-order valence-electron chi connectivity index (χ2n) is 6.12. The van der Waals surface area contributed by atoms with Crippen molar-refractivity contribution >= 4 is 36.8 Å². The van der Waals surface area contributed by atoms with E-state index in [1.807, 2.05) is 5.32 Å². The van der Waals surface area contributed by atoms with Crippen LogP contribution in [0.3, 0.4) is 0 Å². The summed E-state index contributed by atoms with van der Waals surface area (Å²) >= 11 is 3.64. The zero-order chi connectivity index (χ0) is 24.7. The van der Waals surface area contributed by atoms with Crippen LogP contribution in [0.2, 0.25) is 0 Å². The number of rotatable bonds is 7. The van der Waals surface area contributed by atoms with E-state index < -0.39 is 35.7 Å². The van der Waals surface area contributed by atoms with Gasteiger partial charge in [-0.05, 0) is 56.2 Å². The van der Waals surface area contributed by atoms with Gasteiger partial charge in [-0.25, -0.2) is 18.7 Å². The number of halogens is 2. The first kappa shape index (κ1) is 28.5. The number of carbonyl (C=O) groups is 3. The molecular formula is C21H24F2N4O4S. The Balaban J connectivity index is 0.00000466. The van der Waals surface area contributed by atoms with E-state index in [0.717, 1.165) is 13.8 Å². The molecule has 8 nitrogen and oxygen atoms in total. The van der Waals surface area contributed by atoms with E-state index in [2.05, 4.69) is 47.5 Å². The van der Waals surface area contributed by atoms with Crippen LogP contribution in [-0.2, 0) is 9.59 Å². The molecule has 2 atom stereocenters. The van der Waals surface area contributed by atoms with Gasteiger partial charge in [-0.3, -0.25) is 19.6 Å². The molecule has 2 unspecified atom stereocenters. The van der Waals surface area contributed by atoms with Crippen LogP contribution < -0.4 is 16.1 Å². The highest BCUT2D eigenvalue weighted by atomic mass is 32.1. The molecule has 0 saturated heterocycles. The van der Waals surface area contributed by atoms with Gasteiger partial charge >= 0.3 is 0 Å². The summed E-state index contributed by atoms with van der Waals surface area (Å²) in [5.41, 5.74) is -0.626. The van der Waals surface area contributed by atoms with E-state index >= 15 is 0 Å². The zero-order valence-corrected chi connectivity index (χ0v) is 18.3. The lowest BCUT2D eigenvalue weighted by Gasteiger charge is -2.36. The van der Waals surface area contributed by atoms with Gasteiger partial charge in [0.15, 0.2) is 0 Å².